The normalized spacial score (nSPS) is 20.3. The van der Waals surface area contributed by atoms with Crippen LogP contribution in [-0.2, 0) is 0 Å². The SMILES string of the molecule is CN(C)CC1CCCN1c1ncc(Cl)cc1Br. The predicted molar refractivity (Wildman–Crippen MR) is 75.9 cm³/mol. The molecule has 5 heteroatoms. The second-order valence-corrected chi connectivity index (χ2v) is 6.00. The zero-order valence-electron chi connectivity index (χ0n) is 10.2. The highest BCUT2D eigenvalue weighted by Gasteiger charge is 2.27. The molecule has 0 spiro atoms. The van der Waals surface area contributed by atoms with E-state index in [1.54, 1.807) is 6.20 Å². The highest BCUT2D eigenvalue weighted by Crippen LogP contribution is 2.31. The van der Waals surface area contributed by atoms with E-state index in [0.717, 1.165) is 23.4 Å². The van der Waals surface area contributed by atoms with Gasteiger partial charge < -0.3 is 9.80 Å². The number of anilines is 1. The molecule has 1 aromatic heterocycles. The summed E-state index contributed by atoms with van der Waals surface area (Å²) in [7, 11) is 4.22. The summed E-state index contributed by atoms with van der Waals surface area (Å²) in [6, 6.07) is 2.46. The number of pyridine rings is 1. The van der Waals surface area contributed by atoms with Crippen molar-refractivity contribution in [3.8, 4) is 0 Å². The molecule has 0 N–H and O–H groups in total. The lowest BCUT2D eigenvalue weighted by molar-refractivity contribution is 0.371. The van der Waals surface area contributed by atoms with E-state index < -0.39 is 0 Å². The van der Waals surface area contributed by atoms with E-state index in [2.05, 4.69) is 44.8 Å². The molecule has 1 unspecified atom stereocenters. The van der Waals surface area contributed by atoms with E-state index in [1.165, 1.54) is 12.8 Å². The summed E-state index contributed by atoms with van der Waals surface area (Å²) in [5, 5.41) is 0.670. The number of likely N-dealkylation sites (N-methyl/N-ethyl adjacent to an activating group) is 1. The van der Waals surface area contributed by atoms with E-state index in [0.29, 0.717) is 11.1 Å². The molecule has 1 aliphatic heterocycles. The Balaban J connectivity index is 2.20. The number of halogens is 2. The molecule has 0 saturated carbocycles. The Morgan fingerprint density at radius 3 is 3.00 bits per heavy atom. The van der Waals surface area contributed by atoms with Crippen LogP contribution in [0, 0.1) is 0 Å². The van der Waals surface area contributed by atoms with Gasteiger partial charge in [0.25, 0.3) is 0 Å². The smallest absolute Gasteiger partial charge is 0.143 e. The summed E-state index contributed by atoms with van der Waals surface area (Å²) < 4.78 is 0.982. The van der Waals surface area contributed by atoms with Crippen LogP contribution in [0.4, 0.5) is 5.82 Å². The summed E-state index contributed by atoms with van der Waals surface area (Å²) in [5.74, 6) is 1.01. The number of hydrogen-bond acceptors (Lipinski definition) is 3. The number of hydrogen-bond donors (Lipinski definition) is 0. The van der Waals surface area contributed by atoms with Crippen LogP contribution < -0.4 is 4.90 Å². The highest BCUT2D eigenvalue weighted by molar-refractivity contribution is 9.10. The van der Waals surface area contributed by atoms with Crippen LogP contribution in [0.15, 0.2) is 16.7 Å². The summed E-state index contributed by atoms with van der Waals surface area (Å²) >= 11 is 9.47. The fraction of sp³-hybridized carbons (Fsp3) is 0.583. The molecule has 0 amide bonds. The molecule has 2 heterocycles. The first-order valence-corrected chi connectivity index (χ1v) is 6.97. The number of aromatic nitrogens is 1. The van der Waals surface area contributed by atoms with Gasteiger partial charge in [-0.3, -0.25) is 0 Å². The fourth-order valence-corrected chi connectivity index (χ4v) is 3.21. The molecular weight excluding hydrogens is 302 g/mol. The molecule has 1 aromatic rings. The van der Waals surface area contributed by atoms with E-state index in [-0.39, 0.29) is 0 Å². The quantitative estimate of drug-likeness (QED) is 0.854. The molecule has 3 nitrogen and oxygen atoms in total. The topological polar surface area (TPSA) is 19.4 Å². The van der Waals surface area contributed by atoms with Gasteiger partial charge in [-0.2, -0.15) is 0 Å². The van der Waals surface area contributed by atoms with Crippen LogP contribution in [0.3, 0.4) is 0 Å². The molecular formula is C12H17BrClN3. The predicted octanol–water partition coefficient (Wildman–Crippen LogP) is 3.03. The summed E-state index contributed by atoms with van der Waals surface area (Å²) in [6.07, 6.45) is 4.18. The van der Waals surface area contributed by atoms with Gasteiger partial charge >= 0.3 is 0 Å². The minimum Gasteiger partial charge on any atom is -0.351 e. The second kappa shape index (κ2) is 5.55. The first kappa shape index (κ1) is 13.1. The first-order chi connectivity index (χ1) is 8.08. The molecule has 1 saturated heterocycles. The van der Waals surface area contributed by atoms with Crippen molar-refractivity contribution in [3.63, 3.8) is 0 Å². The van der Waals surface area contributed by atoms with Crippen molar-refractivity contribution in [1.29, 1.82) is 0 Å². The van der Waals surface area contributed by atoms with E-state index in [4.69, 9.17) is 11.6 Å². The minimum absolute atomic E-state index is 0.551. The Morgan fingerprint density at radius 2 is 2.35 bits per heavy atom. The summed E-state index contributed by atoms with van der Waals surface area (Å²) in [4.78, 5) is 9.05. The van der Waals surface area contributed by atoms with Crippen molar-refractivity contribution in [2.45, 2.75) is 18.9 Å². The van der Waals surface area contributed by atoms with Gasteiger partial charge in [-0.1, -0.05) is 11.6 Å². The molecule has 0 bridgehead atoms. The molecule has 1 atom stereocenters. The van der Waals surface area contributed by atoms with Crippen LogP contribution in [0.1, 0.15) is 12.8 Å². The standard InChI is InChI=1S/C12H17BrClN3/c1-16(2)8-10-4-3-5-17(10)12-11(13)6-9(14)7-15-12/h6-7,10H,3-5,8H2,1-2H3. The van der Waals surface area contributed by atoms with Gasteiger partial charge in [0.15, 0.2) is 0 Å². The Labute approximate surface area is 116 Å². The van der Waals surface area contributed by atoms with Crippen LogP contribution in [-0.4, -0.2) is 43.1 Å². The molecule has 1 fully saturated rings. The average molecular weight is 319 g/mol. The molecule has 0 radical (unpaired) electrons. The Hall–Kier alpha value is -0.320. The molecule has 2 rings (SSSR count). The monoisotopic (exact) mass is 317 g/mol. The van der Waals surface area contributed by atoms with Gasteiger partial charge in [0, 0.05) is 25.3 Å². The lowest BCUT2D eigenvalue weighted by Crippen LogP contribution is -2.38. The number of nitrogens with zero attached hydrogens (tertiary/aromatic N) is 3. The maximum atomic E-state index is 5.93. The number of rotatable bonds is 3. The van der Waals surface area contributed by atoms with Crippen molar-refractivity contribution in [2.24, 2.45) is 0 Å². The van der Waals surface area contributed by atoms with Crippen molar-refractivity contribution in [2.75, 3.05) is 32.1 Å². The zero-order valence-corrected chi connectivity index (χ0v) is 12.5. The molecule has 0 aromatic carbocycles. The molecule has 0 aliphatic carbocycles. The molecule has 94 valence electrons. The second-order valence-electron chi connectivity index (χ2n) is 4.71. The maximum Gasteiger partial charge on any atom is 0.143 e. The van der Waals surface area contributed by atoms with Gasteiger partial charge in [0.05, 0.1) is 9.50 Å². The lowest BCUT2D eigenvalue weighted by atomic mass is 10.2. The lowest BCUT2D eigenvalue weighted by Gasteiger charge is -2.28. The van der Waals surface area contributed by atoms with E-state index in [1.807, 2.05) is 6.07 Å². The van der Waals surface area contributed by atoms with Crippen LogP contribution in [0.2, 0.25) is 5.02 Å². The third-order valence-corrected chi connectivity index (χ3v) is 3.80. The highest BCUT2D eigenvalue weighted by atomic mass is 79.9. The summed E-state index contributed by atoms with van der Waals surface area (Å²) in [6.45, 7) is 2.14. The largest absolute Gasteiger partial charge is 0.351 e. The van der Waals surface area contributed by atoms with E-state index in [9.17, 15) is 0 Å². The van der Waals surface area contributed by atoms with Gasteiger partial charge in [-0.15, -0.1) is 0 Å². The Bertz CT molecular complexity index is 397. The third-order valence-electron chi connectivity index (χ3n) is 3.01. The maximum absolute atomic E-state index is 5.93. The molecule has 1 aliphatic rings. The minimum atomic E-state index is 0.551. The van der Waals surface area contributed by atoms with Gasteiger partial charge in [-0.25, -0.2) is 4.98 Å². The van der Waals surface area contributed by atoms with Crippen LogP contribution >= 0.6 is 27.5 Å². The van der Waals surface area contributed by atoms with Crippen LogP contribution in [0.5, 0.6) is 0 Å². The average Bonchev–Trinajstić information content (AvgIpc) is 2.65. The zero-order chi connectivity index (χ0) is 12.4. The van der Waals surface area contributed by atoms with Crippen molar-refractivity contribution < 1.29 is 0 Å². The third kappa shape index (κ3) is 3.12. The van der Waals surface area contributed by atoms with Crippen molar-refractivity contribution in [1.82, 2.24) is 9.88 Å². The van der Waals surface area contributed by atoms with Crippen molar-refractivity contribution in [3.05, 3.63) is 21.8 Å². The summed E-state index contributed by atoms with van der Waals surface area (Å²) in [5.41, 5.74) is 0. The van der Waals surface area contributed by atoms with Gasteiger partial charge in [0.2, 0.25) is 0 Å². The fourth-order valence-electron chi connectivity index (χ4n) is 2.34. The Morgan fingerprint density at radius 1 is 1.59 bits per heavy atom. The van der Waals surface area contributed by atoms with Crippen molar-refractivity contribution >= 4 is 33.3 Å². The van der Waals surface area contributed by atoms with Gasteiger partial charge in [0.1, 0.15) is 5.82 Å². The Kier molecular flexibility index (Phi) is 4.28. The van der Waals surface area contributed by atoms with E-state index >= 15 is 0 Å². The first-order valence-electron chi connectivity index (χ1n) is 5.80. The van der Waals surface area contributed by atoms with Crippen LogP contribution in [0.25, 0.3) is 0 Å². The van der Waals surface area contributed by atoms with Gasteiger partial charge in [-0.05, 0) is 48.9 Å². The molecule has 17 heavy (non-hydrogen) atoms.